The van der Waals surface area contributed by atoms with Crippen LogP contribution < -0.4 is 5.32 Å². The molecular formula is C21H23FN4OS. The van der Waals surface area contributed by atoms with Gasteiger partial charge in [-0.25, -0.2) is 9.07 Å². The number of hydrogen-bond donors (Lipinski definition) is 1. The first kappa shape index (κ1) is 18.8. The molecule has 1 aliphatic rings. The highest BCUT2D eigenvalue weighted by Gasteiger charge is 2.20. The SMILES string of the molecule is Cc1cc(-c2nn(-c3ccccc3F)cc2CN2CCNC(=O)CC2)c(C)s1. The van der Waals surface area contributed by atoms with Gasteiger partial charge in [0.2, 0.25) is 5.91 Å². The van der Waals surface area contributed by atoms with Crippen LogP contribution in [0.5, 0.6) is 0 Å². The predicted molar refractivity (Wildman–Crippen MR) is 109 cm³/mol. The molecule has 1 N–H and O–H groups in total. The zero-order chi connectivity index (χ0) is 19.7. The summed E-state index contributed by atoms with van der Waals surface area (Å²) in [6.07, 6.45) is 2.41. The normalized spacial score (nSPS) is 15.5. The lowest BCUT2D eigenvalue weighted by molar-refractivity contribution is -0.120. The van der Waals surface area contributed by atoms with Crippen molar-refractivity contribution in [3.63, 3.8) is 0 Å². The van der Waals surface area contributed by atoms with Crippen LogP contribution in [0.3, 0.4) is 0 Å². The van der Waals surface area contributed by atoms with E-state index >= 15 is 0 Å². The minimum absolute atomic E-state index is 0.0917. The molecule has 28 heavy (non-hydrogen) atoms. The van der Waals surface area contributed by atoms with E-state index in [2.05, 4.69) is 30.1 Å². The minimum Gasteiger partial charge on any atom is -0.355 e. The van der Waals surface area contributed by atoms with Crippen LogP contribution in [-0.4, -0.2) is 40.2 Å². The van der Waals surface area contributed by atoms with E-state index < -0.39 is 0 Å². The van der Waals surface area contributed by atoms with Crippen molar-refractivity contribution in [3.05, 3.63) is 57.7 Å². The van der Waals surface area contributed by atoms with E-state index in [0.29, 0.717) is 31.7 Å². The quantitative estimate of drug-likeness (QED) is 0.729. The Balaban J connectivity index is 1.74. The van der Waals surface area contributed by atoms with E-state index in [1.807, 2.05) is 12.3 Å². The molecule has 1 fully saturated rings. The number of nitrogens with one attached hydrogen (secondary N) is 1. The summed E-state index contributed by atoms with van der Waals surface area (Å²) in [5, 5.41) is 7.67. The van der Waals surface area contributed by atoms with Gasteiger partial charge in [0.15, 0.2) is 0 Å². The van der Waals surface area contributed by atoms with Crippen molar-refractivity contribution in [2.24, 2.45) is 0 Å². The number of amides is 1. The molecule has 1 amide bonds. The third-order valence-corrected chi connectivity index (χ3v) is 5.95. The Hall–Kier alpha value is -2.51. The van der Waals surface area contributed by atoms with Crippen LogP contribution in [0.1, 0.15) is 21.7 Å². The lowest BCUT2D eigenvalue weighted by Gasteiger charge is -2.18. The van der Waals surface area contributed by atoms with Gasteiger partial charge in [0.25, 0.3) is 0 Å². The molecular weight excluding hydrogens is 375 g/mol. The summed E-state index contributed by atoms with van der Waals surface area (Å²) in [6.45, 7) is 6.99. The van der Waals surface area contributed by atoms with Crippen molar-refractivity contribution >= 4 is 17.2 Å². The summed E-state index contributed by atoms with van der Waals surface area (Å²) >= 11 is 1.74. The van der Waals surface area contributed by atoms with E-state index in [9.17, 15) is 9.18 Å². The van der Waals surface area contributed by atoms with Gasteiger partial charge in [-0.3, -0.25) is 9.69 Å². The lowest BCUT2D eigenvalue weighted by Crippen LogP contribution is -2.28. The fourth-order valence-corrected chi connectivity index (χ4v) is 4.52. The number of carbonyl (C=O) groups excluding carboxylic acids is 1. The molecule has 2 aromatic heterocycles. The highest BCUT2D eigenvalue weighted by molar-refractivity contribution is 7.12. The molecule has 0 atom stereocenters. The Bertz CT molecular complexity index is 1010. The Morgan fingerprint density at radius 1 is 1.25 bits per heavy atom. The molecule has 1 aliphatic heterocycles. The summed E-state index contributed by atoms with van der Waals surface area (Å²) in [6, 6.07) is 8.81. The molecule has 1 aromatic carbocycles. The second-order valence-corrected chi connectivity index (χ2v) is 8.56. The number of para-hydroxylation sites is 1. The van der Waals surface area contributed by atoms with Gasteiger partial charge in [0.05, 0.1) is 5.69 Å². The maximum atomic E-state index is 14.3. The van der Waals surface area contributed by atoms with Crippen LogP contribution in [0.4, 0.5) is 4.39 Å². The fraction of sp³-hybridized carbons (Fsp3) is 0.333. The van der Waals surface area contributed by atoms with Gasteiger partial charge < -0.3 is 5.32 Å². The van der Waals surface area contributed by atoms with Crippen LogP contribution in [0.2, 0.25) is 0 Å². The first-order valence-corrected chi connectivity index (χ1v) is 10.2. The zero-order valence-electron chi connectivity index (χ0n) is 16.0. The van der Waals surface area contributed by atoms with Gasteiger partial charge in [0.1, 0.15) is 11.5 Å². The van der Waals surface area contributed by atoms with Gasteiger partial charge in [-0.15, -0.1) is 11.3 Å². The highest BCUT2D eigenvalue weighted by Crippen LogP contribution is 2.33. The molecule has 7 heteroatoms. The van der Waals surface area contributed by atoms with Crippen molar-refractivity contribution in [1.29, 1.82) is 0 Å². The molecule has 1 saturated heterocycles. The third kappa shape index (κ3) is 3.86. The number of thiophene rings is 1. The van der Waals surface area contributed by atoms with Gasteiger partial charge >= 0.3 is 0 Å². The summed E-state index contributed by atoms with van der Waals surface area (Å²) in [7, 11) is 0. The monoisotopic (exact) mass is 398 g/mol. The number of aromatic nitrogens is 2. The topological polar surface area (TPSA) is 50.2 Å². The first-order valence-electron chi connectivity index (χ1n) is 9.41. The van der Waals surface area contributed by atoms with Crippen molar-refractivity contribution in [2.45, 2.75) is 26.8 Å². The molecule has 0 aliphatic carbocycles. The summed E-state index contributed by atoms with van der Waals surface area (Å²) < 4.78 is 16.0. The number of benzene rings is 1. The Morgan fingerprint density at radius 2 is 2.07 bits per heavy atom. The van der Waals surface area contributed by atoms with Crippen LogP contribution in [-0.2, 0) is 11.3 Å². The largest absolute Gasteiger partial charge is 0.355 e. The first-order chi connectivity index (χ1) is 13.5. The molecule has 146 valence electrons. The van der Waals surface area contributed by atoms with Crippen LogP contribution in [0.15, 0.2) is 36.5 Å². The average molecular weight is 399 g/mol. The predicted octanol–water partition coefficient (Wildman–Crippen LogP) is 3.68. The van der Waals surface area contributed by atoms with Gasteiger partial charge in [-0.05, 0) is 32.0 Å². The van der Waals surface area contributed by atoms with Crippen molar-refractivity contribution in [2.75, 3.05) is 19.6 Å². The number of hydrogen-bond acceptors (Lipinski definition) is 4. The molecule has 3 heterocycles. The van der Waals surface area contributed by atoms with E-state index in [1.165, 1.54) is 15.8 Å². The smallest absolute Gasteiger partial charge is 0.221 e. The molecule has 5 nitrogen and oxygen atoms in total. The molecule has 0 spiro atoms. The van der Waals surface area contributed by atoms with Crippen molar-refractivity contribution in [3.8, 4) is 16.9 Å². The standard InChI is InChI=1S/C21H23FN4OS/c1-14-11-17(15(2)28-14)21-16(12-25-9-7-20(27)23-8-10-25)13-26(24-21)19-6-4-3-5-18(19)22/h3-6,11,13H,7-10,12H2,1-2H3,(H,23,27). The summed E-state index contributed by atoms with van der Waals surface area (Å²) in [5.41, 5.74) is 3.45. The second-order valence-electron chi connectivity index (χ2n) is 7.10. The zero-order valence-corrected chi connectivity index (χ0v) is 16.9. The van der Waals surface area contributed by atoms with Gasteiger partial charge in [-0.2, -0.15) is 5.10 Å². The van der Waals surface area contributed by atoms with Crippen molar-refractivity contribution in [1.82, 2.24) is 20.0 Å². The summed E-state index contributed by atoms with van der Waals surface area (Å²) in [4.78, 5) is 16.3. The molecule has 0 saturated carbocycles. The average Bonchev–Trinajstić information content (AvgIpc) is 3.14. The van der Waals surface area contributed by atoms with Crippen molar-refractivity contribution < 1.29 is 9.18 Å². The van der Waals surface area contributed by atoms with Crippen LogP contribution in [0, 0.1) is 19.7 Å². The minimum atomic E-state index is -0.300. The molecule has 4 rings (SSSR count). The Morgan fingerprint density at radius 3 is 2.82 bits per heavy atom. The van der Waals surface area contributed by atoms with E-state index in [1.54, 1.807) is 28.2 Å². The second kappa shape index (κ2) is 7.85. The lowest BCUT2D eigenvalue weighted by atomic mass is 10.1. The number of nitrogens with zero attached hydrogens (tertiary/aromatic N) is 3. The maximum absolute atomic E-state index is 14.3. The summed E-state index contributed by atoms with van der Waals surface area (Å²) in [5.74, 6) is -0.208. The van der Waals surface area contributed by atoms with Crippen LogP contribution in [0.25, 0.3) is 16.9 Å². The van der Waals surface area contributed by atoms with Gasteiger partial charge in [0, 0.05) is 59.7 Å². The molecule has 3 aromatic rings. The maximum Gasteiger partial charge on any atom is 0.221 e. The van der Waals surface area contributed by atoms with E-state index in [4.69, 9.17) is 5.10 Å². The van der Waals surface area contributed by atoms with Gasteiger partial charge in [-0.1, -0.05) is 12.1 Å². The third-order valence-electron chi connectivity index (χ3n) is 4.98. The van der Waals surface area contributed by atoms with E-state index in [-0.39, 0.29) is 11.7 Å². The molecule has 0 bridgehead atoms. The molecule has 0 unspecified atom stereocenters. The number of carbonyl (C=O) groups is 1. The Kier molecular flexibility index (Phi) is 5.28. The van der Waals surface area contributed by atoms with Crippen LogP contribution >= 0.6 is 11.3 Å². The number of rotatable bonds is 4. The number of aryl methyl sites for hydroxylation is 2. The number of halogens is 1. The van der Waals surface area contributed by atoms with E-state index in [0.717, 1.165) is 23.4 Å². The molecule has 0 radical (unpaired) electrons. The fourth-order valence-electron chi connectivity index (χ4n) is 3.59. The highest BCUT2D eigenvalue weighted by atomic mass is 32.1. The Labute approximate surface area is 167 Å².